The van der Waals surface area contributed by atoms with Crippen LogP contribution in [0.15, 0.2) is 60.7 Å². The Labute approximate surface area is 118 Å². The van der Waals surface area contributed by atoms with Gasteiger partial charge in [-0.05, 0) is 17.5 Å². The summed E-state index contributed by atoms with van der Waals surface area (Å²) in [4.78, 5) is 17.5. The Morgan fingerprint density at radius 3 is 1.75 bits per heavy atom. The smallest absolute Gasteiger partial charge is 0.303 e. The minimum Gasteiger partial charge on any atom is -0.303 e. The predicted molar refractivity (Wildman–Crippen MR) is 77.3 cm³/mol. The first-order chi connectivity index (χ1) is 9.56. The average Bonchev–Trinajstić information content (AvgIpc) is 2.44. The summed E-state index contributed by atoms with van der Waals surface area (Å²) in [6, 6.07) is 19.7. The van der Waals surface area contributed by atoms with Gasteiger partial charge in [-0.25, -0.2) is 4.57 Å². The van der Waals surface area contributed by atoms with Crippen molar-refractivity contribution in [2.75, 3.05) is 6.61 Å². The van der Waals surface area contributed by atoms with Crippen LogP contribution in [-0.2, 0) is 9.09 Å². The van der Waals surface area contributed by atoms with E-state index >= 15 is 0 Å². The van der Waals surface area contributed by atoms with Gasteiger partial charge in [-0.1, -0.05) is 60.7 Å². The minimum absolute atomic E-state index is 0.0126. The summed E-state index contributed by atoms with van der Waals surface area (Å²) in [7, 11) is -4.41. The molecule has 0 atom stereocenters. The minimum atomic E-state index is -4.41. The van der Waals surface area contributed by atoms with Crippen LogP contribution in [0.1, 0.15) is 23.5 Å². The highest BCUT2D eigenvalue weighted by Crippen LogP contribution is 2.37. The van der Waals surface area contributed by atoms with Crippen molar-refractivity contribution in [2.24, 2.45) is 0 Å². The molecule has 0 aromatic heterocycles. The lowest BCUT2D eigenvalue weighted by Gasteiger charge is -2.18. The first-order valence-electron chi connectivity index (χ1n) is 6.36. The second-order valence-electron chi connectivity index (χ2n) is 4.49. The van der Waals surface area contributed by atoms with Crippen LogP contribution >= 0.6 is 7.82 Å². The fourth-order valence-corrected chi connectivity index (χ4v) is 2.53. The van der Waals surface area contributed by atoms with Crippen molar-refractivity contribution in [3.05, 3.63) is 71.8 Å². The third kappa shape index (κ3) is 4.58. The molecule has 4 nitrogen and oxygen atoms in total. The second kappa shape index (κ2) is 6.82. The van der Waals surface area contributed by atoms with E-state index in [1.165, 1.54) is 0 Å². The van der Waals surface area contributed by atoms with Gasteiger partial charge in [0.05, 0.1) is 6.61 Å². The number of phosphoric ester groups is 1. The first kappa shape index (κ1) is 14.9. The number of rotatable bonds is 6. The van der Waals surface area contributed by atoms with E-state index in [-0.39, 0.29) is 12.5 Å². The van der Waals surface area contributed by atoms with E-state index in [2.05, 4.69) is 4.52 Å². The lowest BCUT2D eigenvalue weighted by Crippen LogP contribution is -2.05. The highest BCUT2D eigenvalue weighted by atomic mass is 31.2. The van der Waals surface area contributed by atoms with Gasteiger partial charge < -0.3 is 9.79 Å². The lowest BCUT2D eigenvalue weighted by molar-refractivity contribution is 0.192. The van der Waals surface area contributed by atoms with Crippen LogP contribution in [0, 0.1) is 0 Å². The molecule has 0 amide bonds. The summed E-state index contributed by atoms with van der Waals surface area (Å²) in [5.74, 6) is 0.0592. The van der Waals surface area contributed by atoms with Gasteiger partial charge in [0.2, 0.25) is 0 Å². The Hall–Kier alpha value is -1.45. The summed E-state index contributed by atoms with van der Waals surface area (Å²) in [5.41, 5.74) is 2.21. The Kier molecular flexibility index (Phi) is 5.10. The molecule has 0 aliphatic rings. The zero-order valence-electron chi connectivity index (χ0n) is 10.9. The van der Waals surface area contributed by atoms with Crippen molar-refractivity contribution in [1.29, 1.82) is 0 Å². The van der Waals surface area contributed by atoms with E-state index in [1.54, 1.807) is 0 Å². The van der Waals surface area contributed by atoms with Crippen molar-refractivity contribution in [3.63, 3.8) is 0 Å². The van der Waals surface area contributed by atoms with E-state index in [1.807, 2.05) is 60.7 Å². The highest BCUT2D eigenvalue weighted by molar-refractivity contribution is 7.46. The zero-order valence-corrected chi connectivity index (χ0v) is 11.8. The van der Waals surface area contributed by atoms with E-state index in [0.717, 1.165) is 11.1 Å². The Morgan fingerprint density at radius 2 is 1.35 bits per heavy atom. The van der Waals surface area contributed by atoms with Crippen molar-refractivity contribution < 1.29 is 18.9 Å². The van der Waals surface area contributed by atoms with Crippen molar-refractivity contribution in [3.8, 4) is 0 Å². The maximum atomic E-state index is 10.8. The molecular weight excluding hydrogens is 275 g/mol. The van der Waals surface area contributed by atoms with E-state index in [9.17, 15) is 4.57 Å². The van der Waals surface area contributed by atoms with Crippen LogP contribution in [0.3, 0.4) is 0 Å². The average molecular weight is 292 g/mol. The molecule has 0 radical (unpaired) electrons. The third-order valence-electron chi connectivity index (χ3n) is 3.07. The monoisotopic (exact) mass is 292 g/mol. The van der Waals surface area contributed by atoms with Crippen LogP contribution in [0.4, 0.5) is 0 Å². The van der Waals surface area contributed by atoms with Gasteiger partial charge in [-0.2, -0.15) is 0 Å². The summed E-state index contributed by atoms with van der Waals surface area (Å²) in [6.07, 6.45) is 0.513. The summed E-state index contributed by atoms with van der Waals surface area (Å²) < 4.78 is 15.3. The van der Waals surface area contributed by atoms with Crippen LogP contribution in [0.25, 0.3) is 0 Å². The SMILES string of the molecule is O=P(O)(O)OCCC(c1ccccc1)c1ccccc1. The van der Waals surface area contributed by atoms with Gasteiger partial charge in [0.15, 0.2) is 0 Å². The number of benzene rings is 2. The molecule has 0 saturated carbocycles. The zero-order chi connectivity index (χ0) is 14.4. The Balaban J connectivity index is 2.15. The standard InChI is InChI=1S/C15H17O4P/c16-20(17,18)19-12-11-15(13-7-3-1-4-8-13)14-9-5-2-6-10-14/h1-10,15H,11-12H2,(H2,16,17,18). The molecule has 0 bridgehead atoms. The molecule has 0 aliphatic carbocycles. The molecule has 0 fully saturated rings. The second-order valence-corrected chi connectivity index (χ2v) is 5.73. The predicted octanol–water partition coefficient (Wildman–Crippen LogP) is 3.32. The van der Waals surface area contributed by atoms with Gasteiger partial charge in [0.1, 0.15) is 0 Å². The van der Waals surface area contributed by atoms with Crippen LogP contribution in [-0.4, -0.2) is 16.4 Å². The molecule has 106 valence electrons. The van der Waals surface area contributed by atoms with Crippen molar-refractivity contribution in [2.45, 2.75) is 12.3 Å². The van der Waals surface area contributed by atoms with Crippen LogP contribution < -0.4 is 0 Å². The molecular formula is C15H17O4P. The van der Waals surface area contributed by atoms with Gasteiger partial charge >= 0.3 is 7.82 Å². The fraction of sp³-hybridized carbons (Fsp3) is 0.200. The molecule has 2 rings (SSSR count). The molecule has 2 aromatic rings. The number of hydrogen-bond donors (Lipinski definition) is 2. The molecule has 0 unspecified atom stereocenters. The van der Waals surface area contributed by atoms with Crippen LogP contribution in [0.2, 0.25) is 0 Å². The maximum Gasteiger partial charge on any atom is 0.469 e. The summed E-state index contributed by atoms with van der Waals surface area (Å²) in [5, 5.41) is 0. The largest absolute Gasteiger partial charge is 0.469 e. The highest BCUT2D eigenvalue weighted by Gasteiger charge is 2.18. The molecule has 2 aromatic carbocycles. The maximum absolute atomic E-state index is 10.8. The molecule has 5 heteroatoms. The molecule has 0 heterocycles. The molecule has 0 saturated heterocycles. The Morgan fingerprint density at radius 1 is 0.900 bits per heavy atom. The summed E-state index contributed by atoms with van der Waals surface area (Å²) in [6.45, 7) is 0.0126. The normalized spacial score (nSPS) is 11.8. The van der Waals surface area contributed by atoms with Crippen LogP contribution in [0.5, 0.6) is 0 Å². The lowest BCUT2D eigenvalue weighted by atomic mass is 9.89. The van der Waals surface area contributed by atoms with Crippen molar-refractivity contribution in [1.82, 2.24) is 0 Å². The molecule has 20 heavy (non-hydrogen) atoms. The fourth-order valence-electron chi connectivity index (χ4n) is 2.19. The topological polar surface area (TPSA) is 66.8 Å². The van der Waals surface area contributed by atoms with E-state index in [4.69, 9.17) is 9.79 Å². The first-order valence-corrected chi connectivity index (χ1v) is 7.89. The van der Waals surface area contributed by atoms with E-state index < -0.39 is 7.82 Å². The number of hydrogen-bond acceptors (Lipinski definition) is 2. The van der Waals surface area contributed by atoms with Gasteiger partial charge in [0.25, 0.3) is 0 Å². The molecule has 0 spiro atoms. The molecule has 2 N–H and O–H groups in total. The van der Waals surface area contributed by atoms with Gasteiger partial charge in [0, 0.05) is 5.92 Å². The molecule has 0 aliphatic heterocycles. The number of phosphoric acid groups is 1. The van der Waals surface area contributed by atoms with Crippen molar-refractivity contribution >= 4 is 7.82 Å². The van der Waals surface area contributed by atoms with Gasteiger partial charge in [-0.15, -0.1) is 0 Å². The quantitative estimate of drug-likeness (QED) is 0.801. The third-order valence-corrected chi connectivity index (χ3v) is 3.59. The Bertz CT molecular complexity index is 525. The summed E-state index contributed by atoms with van der Waals surface area (Å²) >= 11 is 0. The van der Waals surface area contributed by atoms with E-state index in [0.29, 0.717) is 6.42 Å². The van der Waals surface area contributed by atoms with Gasteiger partial charge in [-0.3, -0.25) is 4.52 Å².